The lowest BCUT2D eigenvalue weighted by molar-refractivity contribution is -0.143. The van der Waals surface area contributed by atoms with Gasteiger partial charge in [0.15, 0.2) is 11.6 Å². The Kier molecular flexibility index (Phi) is 4.84. The maximum Gasteiger partial charge on any atom is 0.307 e. The molecule has 0 amide bonds. The molecule has 1 aliphatic heterocycles. The van der Waals surface area contributed by atoms with Gasteiger partial charge in [0.2, 0.25) is 0 Å². The zero-order valence-corrected chi connectivity index (χ0v) is 11.1. The molecule has 1 aliphatic rings. The van der Waals surface area contributed by atoms with Gasteiger partial charge in [-0.3, -0.25) is 9.69 Å². The Bertz CT molecular complexity index is 517. The van der Waals surface area contributed by atoms with Crippen molar-refractivity contribution in [1.82, 2.24) is 4.90 Å². The van der Waals surface area contributed by atoms with Crippen molar-refractivity contribution in [1.29, 1.82) is 0 Å². The molecule has 0 spiro atoms. The zero-order valence-electron chi connectivity index (χ0n) is 11.1. The van der Waals surface area contributed by atoms with E-state index in [2.05, 4.69) is 4.90 Å². The van der Waals surface area contributed by atoms with E-state index in [9.17, 15) is 13.6 Å². The fraction of sp³-hybridized carbons (Fsp3) is 0.400. The molecular weight excluding hydrogens is 264 g/mol. The van der Waals surface area contributed by atoms with Crippen molar-refractivity contribution >= 4 is 12.0 Å². The Morgan fingerprint density at radius 2 is 2.20 bits per heavy atom. The number of halogens is 2. The van der Waals surface area contributed by atoms with Gasteiger partial charge >= 0.3 is 5.97 Å². The van der Waals surface area contributed by atoms with E-state index in [1.807, 2.05) is 6.08 Å². The summed E-state index contributed by atoms with van der Waals surface area (Å²) in [6.45, 7) is 2.02. The average Bonchev–Trinajstić information content (AvgIpc) is 2.43. The number of hydrogen-bond acceptors (Lipinski definition) is 2. The van der Waals surface area contributed by atoms with Crippen molar-refractivity contribution < 1.29 is 18.7 Å². The van der Waals surface area contributed by atoms with Gasteiger partial charge < -0.3 is 5.11 Å². The summed E-state index contributed by atoms with van der Waals surface area (Å²) in [5.74, 6) is -2.78. The number of piperidine rings is 1. The van der Waals surface area contributed by atoms with Crippen LogP contribution in [0, 0.1) is 17.6 Å². The van der Waals surface area contributed by atoms with E-state index in [1.54, 1.807) is 6.08 Å². The highest BCUT2D eigenvalue weighted by molar-refractivity contribution is 5.70. The molecular formula is C15H17F2NO2. The van der Waals surface area contributed by atoms with Crippen molar-refractivity contribution in [2.45, 2.75) is 12.8 Å². The average molecular weight is 281 g/mol. The molecule has 0 radical (unpaired) electrons. The predicted octanol–water partition coefficient (Wildman–Crippen LogP) is 2.77. The molecule has 20 heavy (non-hydrogen) atoms. The van der Waals surface area contributed by atoms with E-state index in [-0.39, 0.29) is 5.92 Å². The second-order valence-electron chi connectivity index (χ2n) is 5.01. The lowest BCUT2D eigenvalue weighted by Gasteiger charge is -2.29. The first kappa shape index (κ1) is 14.7. The summed E-state index contributed by atoms with van der Waals surface area (Å²) in [5.41, 5.74) is 0.593. The number of benzene rings is 1. The van der Waals surface area contributed by atoms with Gasteiger partial charge in [-0.15, -0.1) is 0 Å². The third-order valence-electron chi connectivity index (χ3n) is 3.47. The highest BCUT2D eigenvalue weighted by Gasteiger charge is 2.24. The quantitative estimate of drug-likeness (QED) is 0.922. The number of carbonyl (C=O) groups is 1. The molecule has 1 N–H and O–H groups in total. The highest BCUT2D eigenvalue weighted by atomic mass is 19.2. The maximum absolute atomic E-state index is 13.0. The molecule has 1 atom stereocenters. The lowest BCUT2D eigenvalue weighted by atomic mass is 9.98. The number of carboxylic acids is 1. The monoisotopic (exact) mass is 281 g/mol. The number of nitrogens with zero attached hydrogens (tertiary/aromatic N) is 1. The molecule has 1 aromatic rings. The second kappa shape index (κ2) is 6.61. The smallest absolute Gasteiger partial charge is 0.307 e. The Morgan fingerprint density at radius 1 is 1.40 bits per heavy atom. The molecule has 2 rings (SSSR count). The van der Waals surface area contributed by atoms with Crippen LogP contribution in [0.15, 0.2) is 24.3 Å². The first-order valence-electron chi connectivity index (χ1n) is 6.63. The number of carboxylic acid groups (broad SMARTS) is 1. The normalized spacial score (nSPS) is 20.4. The minimum absolute atomic E-state index is 0.305. The van der Waals surface area contributed by atoms with Gasteiger partial charge in [0.1, 0.15) is 0 Å². The summed E-state index contributed by atoms with van der Waals surface area (Å²) in [7, 11) is 0. The molecule has 1 saturated heterocycles. The van der Waals surface area contributed by atoms with Crippen LogP contribution >= 0.6 is 0 Å². The van der Waals surface area contributed by atoms with Crippen LogP contribution in [0.5, 0.6) is 0 Å². The first-order chi connectivity index (χ1) is 9.56. The molecule has 108 valence electrons. The molecule has 1 heterocycles. The minimum atomic E-state index is -0.865. The van der Waals surface area contributed by atoms with Crippen molar-refractivity contribution in [2.24, 2.45) is 5.92 Å². The largest absolute Gasteiger partial charge is 0.481 e. The highest BCUT2D eigenvalue weighted by Crippen LogP contribution is 2.16. The third kappa shape index (κ3) is 3.87. The molecule has 3 nitrogen and oxygen atoms in total. The molecule has 1 fully saturated rings. The Hall–Kier alpha value is -1.75. The predicted molar refractivity (Wildman–Crippen MR) is 72.2 cm³/mol. The molecule has 5 heteroatoms. The number of likely N-dealkylation sites (tertiary alicyclic amines) is 1. The van der Waals surface area contributed by atoms with Gasteiger partial charge in [0.05, 0.1) is 5.92 Å². The zero-order chi connectivity index (χ0) is 14.5. The summed E-state index contributed by atoms with van der Waals surface area (Å²) in [6.07, 6.45) is 5.15. The van der Waals surface area contributed by atoms with Crippen LogP contribution in [-0.4, -0.2) is 35.6 Å². The van der Waals surface area contributed by atoms with Crippen LogP contribution in [0.1, 0.15) is 18.4 Å². The van der Waals surface area contributed by atoms with Crippen molar-refractivity contribution in [3.8, 4) is 0 Å². The van der Waals surface area contributed by atoms with E-state index in [1.165, 1.54) is 6.07 Å². The number of rotatable bonds is 4. The molecule has 0 bridgehead atoms. The maximum atomic E-state index is 13.0. The van der Waals surface area contributed by atoms with Gasteiger partial charge in [-0.2, -0.15) is 0 Å². The van der Waals surface area contributed by atoms with E-state index in [0.29, 0.717) is 18.7 Å². The van der Waals surface area contributed by atoms with Crippen LogP contribution in [0.25, 0.3) is 6.08 Å². The fourth-order valence-electron chi connectivity index (χ4n) is 2.38. The van der Waals surface area contributed by atoms with Gasteiger partial charge in [0.25, 0.3) is 0 Å². The first-order valence-corrected chi connectivity index (χ1v) is 6.63. The summed E-state index contributed by atoms with van der Waals surface area (Å²) in [5, 5.41) is 8.99. The van der Waals surface area contributed by atoms with Gasteiger partial charge in [0, 0.05) is 13.1 Å². The Morgan fingerprint density at radius 3 is 2.90 bits per heavy atom. The van der Waals surface area contributed by atoms with E-state index in [0.717, 1.165) is 31.5 Å². The van der Waals surface area contributed by atoms with Gasteiger partial charge in [-0.25, -0.2) is 8.78 Å². The van der Waals surface area contributed by atoms with Crippen molar-refractivity contribution in [3.63, 3.8) is 0 Å². The van der Waals surface area contributed by atoms with Crippen LogP contribution in [-0.2, 0) is 4.79 Å². The molecule has 1 aromatic carbocycles. The van der Waals surface area contributed by atoms with E-state index < -0.39 is 17.6 Å². The summed E-state index contributed by atoms with van der Waals surface area (Å²) in [4.78, 5) is 13.0. The van der Waals surface area contributed by atoms with Crippen LogP contribution in [0.4, 0.5) is 8.78 Å². The van der Waals surface area contributed by atoms with E-state index in [4.69, 9.17) is 5.11 Å². The molecule has 0 aromatic heterocycles. The second-order valence-corrected chi connectivity index (χ2v) is 5.01. The van der Waals surface area contributed by atoms with Crippen molar-refractivity contribution in [3.05, 3.63) is 41.5 Å². The van der Waals surface area contributed by atoms with Crippen molar-refractivity contribution in [2.75, 3.05) is 19.6 Å². The topological polar surface area (TPSA) is 40.5 Å². The Balaban J connectivity index is 1.89. The number of aliphatic carboxylic acids is 1. The number of hydrogen-bond donors (Lipinski definition) is 1. The standard InChI is InChI=1S/C15H17F2NO2/c16-13-6-5-11(9-14(13)17)3-1-7-18-8-2-4-12(10-18)15(19)20/h1,3,5-6,9,12H,2,4,7-8,10H2,(H,19,20)/b3-1+. The van der Waals surface area contributed by atoms with Gasteiger partial charge in [-0.05, 0) is 37.1 Å². The summed E-state index contributed by atoms with van der Waals surface area (Å²) < 4.78 is 25.8. The van der Waals surface area contributed by atoms with E-state index >= 15 is 0 Å². The Labute approximate surface area is 116 Å². The molecule has 0 saturated carbocycles. The molecule has 0 aliphatic carbocycles. The van der Waals surface area contributed by atoms with Gasteiger partial charge in [-0.1, -0.05) is 18.2 Å². The summed E-state index contributed by atoms with van der Waals surface area (Å²) >= 11 is 0. The minimum Gasteiger partial charge on any atom is -0.481 e. The van der Waals surface area contributed by atoms with Crippen LogP contribution < -0.4 is 0 Å². The third-order valence-corrected chi connectivity index (χ3v) is 3.47. The fourth-order valence-corrected chi connectivity index (χ4v) is 2.38. The lowest BCUT2D eigenvalue weighted by Crippen LogP contribution is -2.38. The molecule has 1 unspecified atom stereocenters. The SMILES string of the molecule is O=C(O)C1CCCN(C/C=C/c2ccc(F)c(F)c2)C1. The summed E-state index contributed by atoms with van der Waals surface area (Å²) in [6, 6.07) is 3.74. The van der Waals surface area contributed by atoms with Crippen LogP contribution in [0.2, 0.25) is 0 Å². The van der Waals surface area contributed by atoms with Crippen LogP contribution in [0.3, 0.4) is 0 Å².